The van der Waals surface area contributed by atoms with Crippen molar-refractivity contribution in [1.29, 1.82) is 0 Å². The average Bonchev–Trinajstić information content (AvgIpc) is 3.28. The van der Waals surface area contributed by atoms with Crippen molar-refractivity contribution in [3.05, 3.63) is 105 Å². The number of Topliss-reactive ketones (excluding diaryl/α,β-unsaturated/α-hetero) is 2. The lowest BCUT2D eigenvalue weighted by Crippen LogP contribution is -2.58. The van der Waals surface area contributed by atoms with Gasteiger partial charge in [-0.15, -0.1) is 0 Å². The average molecular weight is 651 g/mol. The minimum Gasteiger partial charge on any atom is -0.508 e. The zero-order chi connectivity index (χ0) is 34.4. The van der Waals surface area contributed by atoms with E-state index in [2.05, 4.69) is 0 Å². The first-order chi connectivity index (χ1) is 22.7. The van der Waals surface area contributed by atoms with E-state index in [0.717, 1.165) is 4.90 Å². The van der Waals surface area contributed by atoms with Crippen molar-refractivity contribution in [1.82, 2.24) is 4.90 Å². The number of carboxylic acid groups (broad SMARTS) is 1. The van der Waals surface area contributed by atoms with E-state index < -0.39 is 88.5 Å². The third kappa shape index (κ3) is 4.14. The Labute approximate surface area is 270 Å². The number of carbonyl (C=O) groups is 6. The highest BCUT2D eigenvalue weighted by Crippen LogP contribution is 2.53. The number of hydrogen-bond donors (Lipinski definition) is 6. The Hall–Kier alpha value is -6.08. The van der Waals surface area contributed by atoms with Gasteiger partial charge in [0, 0.05) is 23.5 Å². The Morgan fingerprint density at radius 3 is 2.19 bits per heavy atom. The van der Waals surface area contributed by atoms with Crippen molar-refractivity contribution in [3.63, 3.8) is 0 Å². The Bertz CT molecular complexity index is 2110. The number of benzene rings is 3. The molecular formula is C35H26N2O11. The van der Waals surface area contributed by atoms with Crippen molar-refractivity contribution in [2.75, 3.05) is 0 Å². The first-order valence-electron chi connectivity index (χ1n) is 14.9. The summed E-state index contributed by atoms with van der Waals surface area (Å²) in [5.41, 5.74) is 2.16. The van der Waals surface area contributed by atoms with Crippen LogP contribution < -0.4 is 5.73 Å². The molecule has 13 nitrogen and oxygen atoms in total. The number of hydrogen-bond acceptors (Lipinski definition) is 10. The van der Waals surface area contributed by atoms with Gasteiger partial charge in [0.2, 0.25) is 5.78 Å². The van der Waals surface area contributed by atoms with Crippen LogP contribution in [-0.2, 0) is 27.3 Å². The van der Waals surface area contributed by atoms with Crippen LogP contribution in [0.3, 0.4) is 0 Å². The maximum atomic E-state index is 14.0. The number of rotatable bonds is 5. The molecule has 0 unspecified atom stereocenters. The number of imide groups is 1. The molecule has 1 heterocycles. The largest absolute Gasteiger partial charge is 0.508 e. The van der Waals surface area contributed by atoms with Crippen molar-refractivity contribution >= 4 is 41.0 Å². The number of phenols is 1. The fourth-order valence-corrected chi connectivity index (χ4v) is 7.50. The molecule has 3 aromatic rings. The van der Waals surface area contributed by atoms with Gasteiger partial charge in [-0.05, 0) is 65.8 Å². The molecule has 1 saturated carbocycles. The van der Waals surface area contributed by atoms with E-state index >= 15 is 0 Å². The van der Waals surface area contributed by atoms with Crippen LogP contribution in [0.5, 0.6) is 5.75 Å². The molecular weight excluding hydrogens is 624 g/mol. The lowest BCUT2D eigenvalue weighted by atomic mass is 9.59. The van der Waals surface area contributed by atoms with Crippen LogP contribution in [0.15, 0.2) is 71.5 Å². The van der Waals surface area contributed by atoms with Crippen molar-refractivity contribution in [3.8, 4) is 16.9 Å². The van der Waals surface area contributed by atoms with E-state index in [1.807, 2.05) is 0 Å². The molecule has 242 valence electrons. The number of aliphatic hydroxyl groups is 3. The van der Waals surface area contributed by atoms with Gasteiger partial charge >= 0.3 is 5.97 Å². The molecule has 0 spiro atoms. The molecule has 13 heteroatoms. The number of primary amides is 1. The molecule has 0 aromatic heterocycles. The van der Waals surface area contributed by atoms with Gasteiger partial charge < -0.3 is 31.3 Å². The number of nitrogens with zero attached hydrogens (tertiary/aromatic N) is 1. The third-order valence-corrected chi connectivity index (χ3v) is 9.77. The van der Waals surface area contributed by atoms with E-state index in [1.165, 1.54) is 36.4 Å². The molecule has 3 aromatic carbocycles. The molecule has 3 aliphatic carbocycles. The van der Waals surface area contributed by atoms with Crippen molar-refractivity contribution in [2.24, 2.45) is 17.6 Å². The van der Waals surface area contributed by atoms with Crippen LogP contribution in [0.2, 0.25) is 0 Å². The van der Waals surface area contributed by atoms with Crippen LogP contribution in [0.4, 0.5) is 0 Å². The van der Waals surface area contributed by atoms with E-state index in [1.54, 1.807) is 18.2 Å². The number of aromatic hydroxyl groups is 1. The molecule has 3 atom stereocenters. The molecule has 0 bridgehead atoms. The van der Waals surface area contributed by atoms with E-state index in [9.17, 15) is 54.3 Å². The third-order valence-electron chi connectivity index (χ3n) is 9.77. The summed E-state index contributed by atoms with van der Waals surface area (Å²) in [4.78, 5) is 77.9. The monoisotopic (exact) mass is 650 g/mol. The van der Waals surface area contributed by atoms with Gasteiger partial charge in [-0.1, -0.05) is 24.3 Å². The molecule has 0 saturated heterocycles. The molecule has 1 fully saturated rings. The second-order valence-corrected chi connectivity index (χ2v) is 12.3. The molecule has 0 radical (unpaired) electrons. The van der Waals surface area contributed by atoms with E-state index in [0.29, 0.717) is 16.7 Å². The Morgan fingerprint density at radius 1 is 0.896 bits per heavy atom. The fourth-order valence-electron chi connectivity index (χ4n) is 7.50. The highest BCUT2D eigenvalue weighted by atomic mass is 16.4. The first kappa shape index (κ1) is 30.6. The maximum Gasteiger partial charge on any atom is 0.335 e. The topological polar surface area (TPSA) is 233 Å². The first-order valence-corrected chi connectivity index (χ1v) is 14.9. The highest BCUT2D eigenvalue weighted by molar-refractivity contribution is 6.23. The lowest BCUT2D eigenvalue weighted by molar-refractivity contribution is -0.147. The molecule has 7 rings (SSSR count). The summed E-state index contributed by atoms with van der Waals surface area (Å²) in [5, 5.41) is 55.5. The quantitative estimate of drug-likeness (QED) is 0.173. The normalized spacial score (nSPS) is 23.1. The van der Waals surface area contributed by atoms with Gasteiger partial charge in [0.15, 0.2) is 11.4 Å². The zero-order valence-electron chi connectivity index (χ0n) is 24.9. The number of carboxylic acids is 1. The lowest BCUT2D eigenvalue weighted by Gasteiger charge is -2.46. The molecule has 4 aliphatic rings. The Kier molecular flexibility index (Phi) is 6.67. The minimum absolute atomic E-state index is 0.0218. The van der Waals surface area contributed by atoms with Gasteiger partial charge in [0.05, 0.1) is 28.8 Å². The van der Waals surface area contributed by atoms with Crippen LogP contribution in [0, 0.1) is 11.8 Å². The SMILES string of the molecule is NC(=O)C1=C(O)[C@@]2(O)C(=O)C3=C(O)c4c(O)c(CN5C(=O)c6ccccc6C5=O)cc(-c5cccc(C(=O)O)c5)c4C[C@H]3C[C@H]2CC1=O. The smallest absolute Gasteiger partial charge is 0.335 e. The van der Waals surface area contributed by atoms with Crippen molar-refractivity contribution in [2.45, 2.75) is 31.4 Å². The van der Waals surface area contributed by atoms with Gasteiger partial charge in [0.25, 0.3) is 17.7 Å². The number of carbonyl (C=O) groups excluding carboxylic acids is 5. The summed E-state index contributed by atoms with van der Waals surface area (Å²) >= 11 is 0. The fraction of sp³-hybridized carbons (Fsp3) is 0.200. The summed E-state index contributed by atoms with van der Waals surface area (Å²) in [6.45, 7) is -0.462. The number of aromatic carboxylic acids is 1. The molecule has 3 amide bonds. The summed E-state index contributed by atoms with van der Waals surface area (Å²) < 4.78 is 0. The predicted molar refractivity (Wildman–Crippen MR) is 164 cm³/mol. The van der Waals surface area contributed by atoms with Crippen LogP contribution in [-0.4, -0.2) is 71.3 Å². The van der Waals surface area contributed by atoms with Crippen LogP contribution >= 0.6 is 0 Å². The summed E-state index contributed by atoms with van der Waals surface area (Å²) in [7, 11) is 0. The molecule has 48 heavy (non-hydrogen) atoms. The van der Waals surface area contributed by atoms with Crippen LogP contribution in [0.25, 0.3) is 16.9 Å². The van der Waals surface area contributed by atoms with Gasteiger partial charge in [0.1, 0.15) is 22.8 Å². The minimum atomic E-state index is -2.76. The van der Waals surface area contributed by atoms with E-state index in [-0.39, 0.29) is 46.2 Å². The number of fused-ring (bicyclic) bond motifs is 4. The summed E-state index contributed by atoms with van der Waals surface area (Å²) in [6, 6.07) is 13.5. The van der Waals surface area contributed by atoms with Gasteiger partial charge in [-0.3, -0.25) is 28.9 Å². The summed E-state index contributed by atoms with van der Waals surface area (Å²) in [6.07, 6.45) is -0.628. The van der Waals surface area contributed by atoms with Crippen molar-refractivity contribution < 1.29 is 54.3 Å². The number of nitrogens with two attached hydrogens (primary N) is 1. The van der Waals surface area contributed by atoms with Gasteiger partial charge in [-0.25, -0.2) is 4.79 Å². The predicted octanol–water partition coefficient (Wildman–Crippen LogP) is 2.59. The van der Waals surface area contributed by atoms with E-state index in [4.69, 9.17) is 5.73 Å². The Balaban J connectivity index is 1.43. The zero-order valence-corrected chi connectivity index (χ0v) is 24.9. The highest BCUT2D eigenvalue weighted by Gasteiger charge is 2.60. The second kappa shape index (κ2) is 10.5. The second-order valence-electron chi connectivity index (χ2n) is 12.3. The number of amides is 3. The number of phenolic OH excluding ortho intramolecular Hbond substituents is 1. The number of aliphatic hydroxyl groups excluding tert-OH is 2. The maximum absolute atomic E-state index is 14.0. The molecule has 1 aliphatic heterocycles. The molecule has 7 N–H and O–H groups in total. The van der Waals surface area contributed by atoms with Crippen LogP contribution in [0.1, 0.15) is 60.6 Å². The Morgan fingerprint density at radius 2 is 1.56 bits per heavy atom. The number of ketones is 2. The summed E-state index contributed by atoms with van der Waals surface area (Å²) in [5.74, 6) is -10.4. The standard InChI is InChI=1S/C35H26N2O11/c36-31(43)26-23(38)12-18-9-16-10-22-21(14-4-3-5-15(8-14)34(46)47)11-17(13-37-32(44)19-6-1-2-7-20(19)33(37)45)27(39)25(22)28(40)24(16)29(41)35(18,48)30(26)42/h1-8,11,16,18,39-40,42,48H,9-10,12-13H2,(H2,36,43)(H,46,47)/t16-,18+,35+/m1/s1. The van der Waals surface area contributed by atoms with Gasteiger partial charge in [-0.2, -0.15) is 0 Å².